The molecule has 2 rings (SSSR count). The highest BCUT2D eigenvalue weighted by molar-refractivity contribution is 5.57. The van der Waals surface area contributed by atoms with E-state index < -0.39 is 0 Å². The zero-order valence-corrected chi connectivity index (χ0v) is 11.7. The smallest absolute Gasteiger partial charge is 0.137 e. The average molecular weight is 248 g/mol. The van der Waals surface area contributed by atoms with E-state index in [0.29, 0.717) is 0 Å². The summed E-state index contributed by atoms with van der Waals surface area (Å²) in [6.07, 6.45) is 6.93. The fourth-order valence-corrected chi connectivity index (χ4v) is 2.85. The van der Waals surface area contributed by atoms with Crippen molar-refractivity contribution in [1.82, 2.24) is 9.97 Å². The van der Waals surface area contributed by atoms with Gasteiger partial charge < -0.3 is 10.2 Å². The third kappa shape index (κ3) is 2.74. The molecule has 1 aromatic rings. The standard InChI is InChI=1S/C14H24N4/c1-4-5-12-6-8-18(9-7-12)14-11(2)13(15-3)16-10-17-14/h10,12H,4-9H2,1-3H3,(H,15,16,17). The van der Waals surface area contributed by atoms with Crippen LogP contribution in [0.3, 0.4) is 0 Å². The van der Waals surface area contributed by atoms with E-state index in [2.05, 4.69) is 34.0 Å². The minimum atomic E-state index is 0.914. The number of nitrogens with zero attached hydrogens (tertiary/aromatic N) is 3. The molecule has 2 heterocycles. The van der Waals surface area contributed by atoms with Crippen LogP contribution < -0.4 is 10.2 Å². The Hall–Kier alpha value is -1.32. The molecule has 0 aromatic carbocycles. The van der Waals surface area contributed by atoms with Gasteiger partial charge in [-0.25, -0.2) is 9.97 Å². The Morgan fingerprint density at radius 2 is 2.06 bits per heavy atom. The van der Waals surface area contributed by atoms with Crippen molar-refractivity contribution in [3.8, 4) is 0 Å². The van der Waals surface area contributed by atoms with Gasteiger partial charge in [-0.1, -0.05) is 19.8 Å². The van der Waals surface area contributed by atoms with E-state index in [1.54, 1.807) is 6.33 Å². The van der Waals surface area contributed by atoms with Crippen LogP contribution in [0.4, 0.5) is 11.6 Å². The summed E-state index contributed by atoms with van der Waals surface area (Å²) in [6.45, 7) is 6.64. The molecule has 0 amide bonds. The first-order chi connectivity index (χ1) is 8.76. The fourth-order valence-electron chi connectivity index (χ4n) is 2.85. The second-order valence-electron chi connectivity index (χ2n) is 5.14. The summed E-state index contributed by atoms with van der Waals surface area (Å²) >= 11 is 0. The first kappa shape index (κ1) is 13.1. The molecule has 1 aliphatic rings. The summed E-state index contributed by atoms with van der Waals surface area (Å²) < 4.78 is 0. The molecule has 1 aliphatic heterocycles. The van der Waals surface area contributed by atoms with Gasteiger partial charge in [-0.3, -0.25) is 0 Å². The molecule has 1 N–H and O–H groups in total. The molecule has 18 heavy (non-hydrogen) atoms. The first-order valence-corrected chi connectivity index (χ1v) is 7.00. The number of aromatic nitrogens is 2. The van der Waals surface area contributed by atoms with Crippen LogP contribution in [0.15, 0.2) is 6.33 Å². The lowest BCUT2D eigenvalue weighted by Crippen LogP contribution is -2.34. The van der Waals surface area contributed by atoms with Crippen molar-refractivity contribution in [1.29, 1.82) is 0 Å². The van der Waals surface area contributed by atoms with Gasteiger partial charge in [-0.2, -0.15) is 0 Å². The number of hydrogen-bond acceptors (Lipinski definition) is 4. The van der Waals surface area contributed by atoms with Gasteiger partial charge in [0.05, 0.1) is 0 Å². The Balaban J connectivity index is 2.05. The van der Waals surface area contributed by atoms with Crippen molar-refractivity contribution >= 4 is 11.6 Å². The maximum Gasteiger partial charge on any atom is 0.137 e. The third-order valence-electron chi connectivity index (χ3n) is 3.91. The van der Waals surface area contributed by atoms with E-state index in [4.69, 9.17) is 0 Å². The van der Waals surface area contributed by atoms with Crippen LogP contribution >= 0.6 is 0 Å². The molecular formula is C14H24N4. The largest absolute Gasteiger partial charge is 0.373 e. The quantitative estimate of drug-likeness (QED) is 0.889. The Morgan fingerprint density at radius 3 is 2.67 bits per heavy atom. The second-order valence-corrected chi connectivity index (χ2v) is 5.14. The molecule has 0 spiro atoms. The summed E-state index contributed by atoms with van der Waals surface area (Å²) in [4.78, 5) is 11.1. The normalized spacial score (nSPS) is 16.9. The highest BCUT2D eigenvalue weighted by atomic mass is 15.2. The molecule has 0 bridgehead atoms. The molecule has 0 atom stereocenters. The molecule has 0 unspecified atom stereocenters. The maximum absolute atomic E-state index is 4.46. The van der Waals surface area contributed by atoms with Crippen molar-refractivity contribution in [2.75, 3.05) is 30.4 Å². The van der Waals surface area contributed by atoms with Gasteiger partial charge in [-0.15, -0.1) is 0 Å². The number of hydrogen-bond donors (Lipinski definition) is 1. The average Bonchev–Trinajstić information content (AvgIpc) is 2.41. The Labute approximate surface area is 110 Å². The second kappa shape index (κ2) is 6.03. The maximum atomic E-state index is 4.46. The van der Waals surface area contributed by atoms with E-state index in [1.165, 1.54) is 25.7 Å². The number of piperidine rings is 1. The highest BCUT2D eigenvalue weighted by Gasteiger charge is 2.21. The van der Waals surface area contributed by atoms with Crippen LogP contribution in [0.5, 0.6) is 0 Å². The summed E-state index contributed by atoms with van der Waals surface area (Å²) in [7, 11) is 1.91. The minimum Gasteiger partial charge on any atom is -0.373 e. The van der Waals surface area contributed by atoms with Crippen LogP contribution in [0.25, 0.3) is 0 Å². The lowest BCUT2D eigenvalue weighted by atomic mass is 9.92. The van der Waals surface area contributed by atoms with Crippen molar-refractivity contribution < 1.29 is 0 Å². The zero-order chi connectivity index (χ0) is 13.0. The first-order valence-electron chi connectivity index (χ1n) is 7.00. The monoisotopic (exact) mass is 248 g/mol. The third-order valence-corrected chi connectivity index (χ3v) is 3.91. The van der Waals surface area contributed by atoms with Gasteiger partial charge in [-0.05, 0) is 25.7 Å². The van der Waals surface area contributed by atoms with Gasteiger partial charge in [0.2, 0.25) is 0 Å². The fraction of sp³-hybridized carbons (Fsp3) is 0.714. The van der Waals surface area contributed by atoms with Crippen LogP contribution in [-0.4, -0.2) is 30.1 Å². The lowest BCUT2D eigenvalue weighted by Gasteiger charge is -2.33. The summed E-state index contributed by atoms with van der Waals surface area (Å²) in [6, 6.07) is 0. The van der Waals surface area contributed by atoms with E-state index in [9.17, 15) is 0 Å². The minimum absolute atomic E-state index is 0.914. The lowest BCUT2D eigenvalue weighted by molar-refractivity contribution is 0.377. The summed E-state index contributed by atoms with van der Waals surface area (Å²) in [5.41, 5.74) is 1.16. The molecule has 4 nitrogen and oxygen atoms in total. The van der Waals surface area contributed by atoms with Crippen molar-refractivity contribution in [3.63, 3.8) is 0 Å². The van der Waals surface area contributed by atoms with Crippen LogP contribution in [0, 0.1) is 12.8 Å². The Bertz CT molecular complexity index is 383. The highest BCUT2D eigenvalue weighted by Crippen LogP contribution is 2.28. The number of rotatable bonds is 4. The van der Waals surface area contributed by atoms with Crippen LogP contribution in [0.1, 0.15) is 38.2 Å². The van der Waals surface area contributed by atoms with Gasteiger partial charge in [0.1, 0.15) is 18.0 Å². The van der Waals surface area contributed by atoms with Gasteiger partial charge in [0.15, 0.2) is 0 Å². The van der Waals surface area contributed by atoms with E-state index in [0.717, 1.165) is 36.2 Å². The van der Waals surface area contributed by atoms with Crippen LogP contribution in [0.2, 0.25) is 0 Å². The molecule has 100 valence electrons. The topological polar surface area (TPSA) is 41.1 Å². The molecule has 1 saturated heterocycles. The molecule has 4 heteroatoms. The molecular weight excluding hydrogens is 224 g/mol. The Kier molecular flexibility index (Phi) is 4.39. The predicted molar refractivity (Wildman–Crippen MR) is 76.2 cm³/mol. The predicted octanol–water partition coefficient (Wildman–Crippen LogP) is 2.84. The molecule has 0 aliphatic carbocycles. The van der Waals surface area contributed by atoms with Crippen molar-refractivity contribution in [2.24, 2.45) is 5.92 Å². The summed E-state index contributed by atoms with van der Waals surface area (Å²) in [5.74, 6) is 2.96. The Morgan fingerprint density at radius 1 is 1.33 bits per heavy atom. The van der Waals surface area contributed by atoms with E-state index in [1.807, 2.05) is 7.05 Å². The molecule has 0 radical (unpaired) electrons. The molecule has 1 fully saturated rings. The van der Waals surface area contributed by atoms with Crippen molar-refractivity contribution in [2.45, 2.75) is 39.5 Å². The molecule has 0 saturated carbocycles. The van der Waals surface area contributed by atoms with E-state index in [-0.39, 0.29) is 0 Å². The summed E-state index contributed by atoms with van der Waals surface area (Å²) in [5, 5.41) is 3.13. The van der Waals surface area contributed by atoms with Gasteiger partial charge in [0, 0.05) is 25.7 Å². The number of nitrogens with one attached hydrogen (secondary N) is 1. The van der Waals surface area contributed by atoms with Crippen molar-refractivity contribution in [3.05, 3.63) is 11.9 Å². The molecule has 1 aromatic heterocycles. The zero-order valence-electron chi connectivity index (χ0n) is 11.7. The van der Waals surface area contributed by atoms with E-state index >= 15 is 0 Å². The SMILES string of the molecule is CCCC1CCN(c2ncnc(NC)c2C)CC1. The number of anilines is 2. The van der Waals surface area contributed by atoms with Crippen LogP contribution in [-0.2, 0) is 0 Å². The van der Waals surface area contributed by atoms with Gasteiger partial charge >= 0.3 is 0 Å². The van der Waals surface area contributed by atoms with Gasteiger partial charge in [0.25, 0.3) is 0 Å².